The molecule has 4 nitrogen and oxygen atoms in total. The molecule has 1 aliphatic carbocycles. The second-order valence-corrected chi connectivity index (χ2v) is 7.28. The van der Waals surface area contributed by atoms with Crippen LogP contribution in [-0.4, -0.2) is 32.5 Å². The van der Waals surface area contributed by atoms with Crippen LogP contribution in [0.4, 0.5) is 0 Å². The van der Waals surface area contributed by atoms with Gasteiger partial charge in [0.25, 0.3) is 0 Å². The van der Waals surface area contributed by atoms with E-state index < -0.39 is 9.84 Å². The molecule has 1 rings (SSSR count). The highest BCUT2D eigenvalue weighted by molar-refractivity contribution is 7.92. The van der Waals surface area contributed by atoms with Crippen LogP contribution >= 0.6 is 0 Å². The Labute approximate surface area is 104 Å². The van der Waals surface area contributed by atoms with Crippen molar-refractivity contribution in [3.05, 3.63) is 0 Å². The SMILES string of the molecule is CCC(CC)S(=O)(=O)CC1(CC(=O)OC)CC1. The molecule has 0 aliphatic heterocycles. The van der Waals surface area contributed by atoms with E-state index in [-0.39, 0.29) is 28.8 Å². The molecule has 0 saturated heterocycles. The zero-order valence-corrected chi connectivity index (χ0v) is 11.7. The quantitative estimate of drug-likeness (QED) is 0.658. The van der Waals surface area contributed by atoms with Crippen molar-refractivity contribution < 1.29 is 17.9 Å². The number of hydrogen-bond donors (Lipinski definition) is 0. The van der Waals surface area contributed by atoms with E-state index in [9.17, 15) is 13.2 Å². The summed E-state index contributed by atoms with van der Waals surface area (Å²) in [5.74, 6) is -0.163. The van der Waals surface area contributed by atoms with E-state index in [1.54, 1.807) is 0 Å². The summed E-state index contributed by atoms with van der Waals surface area (Å²) in [6.45, 7) is 3.79. The van der Waals surface area contributed by atoms with E-state index in [1.807, 2.05) is 13.8 Å². The van der Waals surface area contributed by atoms with Crippen molar-refractivity contribution in [2.75, 3.05) is 12.9 Å². The van der Waals surface area contributed by atoms with Gasteiger partial charge < -0.3 is 4.74 Å². The van der Waals surface area contributed by atoms with E-state index in [4.69, 9.17) is 0 Å². The van der Waals surface area contributed by atoms with Gasteiger partial charge in [-0.25, -0.2) is 8.42 Å². The molecule has 1 aliphatic rings. The van der Waals surface area contributed by atoms with Crippen molar-refractivity contribution in [1.29, 1.82) is 0 Å². The first-order valence-electron chi connectivity index (χ1n) is 6.17. The molecule has 0 aromatic rings. The van der Waals surface area contributed by atoms with Gasteiger partial charge >= 0.3 is 5.97 Å². The second-order valence-electron chi connectivity index (χ2n) is 5.00. The highest BCUT2D eigenvalue weighted by Gasteiger charge is 2.48. The summed E-state index contributed by atoms with van der Waals surface area (Å²) >= 11 is 0. The van der Waals surface area contributed by atoms with E-state index >= 15 is 0 Å². The fourth-order valence-corrected chi connectivity index (χ4v) is 4.76. The molecule has 0 unspecified atom stereocenters. The van der Waals surface area contributed by atoms with Crippen molar-refractivity contribution in [2.45, 2.75) is 51.2 Å². The summed E-state index contributed by atoms with van der Waals surface area (Å²) in [5.41, 5.74) is -0.325. The Morgan fingerprint density at radius 2 is 1.82 bits per heavy atom. The number of carbonyl (C=O) groups excluding carboxylic acids is 1. The van der Waals surface area contributed by atoms with Gasteiger partial charge in [0.15, 0.2) is 9.84 Å². The van der Waals surface area contributed by atoms with Crippen molar-refractivity contribution in [3.63, 3.8) is 0 Å². The Morgan fingerprint density at radius 1 is 1.29 bits per heavy atom. The van der Waals surface area contributed by atoms with Gasteiger partial charge in [-0.05, 0) is 31.1 Å². The summed E-state index contributed by atoms with van der Waals surface area (Å²) < 4.78 is 29.0. The summed E-state index contributed by atoms with van der Waals surface area (Å²) in [4.78, 5) is 11.2. The lowest BCUT2D eigenvalue weighted by Crippen LogP contribution is -2.29. The second kappa shape index (κ2) is 5.38. The summed E-state index contributed by atoms with van der Waals surface area (Å²) in [6, 6.07) is 0. The molecule has 0 heterocycles. The van der Waals surface area contributed by atoms with E-state index in [0.29, 0.717) is 12.8 Å². The maximum absolute atomic E-state index is 12.2. The van der Waals surface area contributed by atoms with Crippen LogP contribution < -0.4 is 0 Å². The Bertz CT molecular complexity index is 364. The first kappa shape index (κ1) is 14.5. The number of methoxy groups -OCH3 is 1. The van der Waals surface area contributed by atoms with Crippen LogP contribution in [0.1, 0.15) is 46.0 Å². The average Bonchev–Trinajstić information content (AvgIpc) is 2.97. The molecule has 100 valence electrons. The molecule has 0 atom stereocenters. The van der Waals surface area contributed by atoms with E-state index in [2.05, 4.69) is 4.74 Å². The Hall–Kier alpha value is -0.580. The zero-order valence-electron chi connectivity index (χ0n) is 10.9. The molecule has 0 bridgehead atoms. The molecule has 0 N–H and O–H groups in total. The fraction of sp³-hybridized carbons (Fsp3) is 0.917. The monoisotopic (exact) mass is 262 g/mol. The number of hydrogen-bond acceptors (Lipinski definition) is 4. The third-order valence-corrected chi connectivity index (χ3v) is 6.33. The minimum atomic E-state index is -3.08. The molecule has 0 radical (unpaired) electrons. The summed E-state index contributed by atoms with van der Waals surface area (Å²) in [5, 5.41) is -0.266. The molecule has 5 heteroatoms. The molecular weight excluding hydrogens is 240 g/mol. The number of ether oxygens (including phenoxy) is 1. The minimum Gasteiger partial charge on any atom is -0.469 e. The summed E-state index contributed by atoms with van der Waals surface area (Å²) in [6.07, 6.45) is 3.17. The third-order valence-electron chi connectivity index (χ3n) is 3.63. The fourth-order valence-electron chi connectivity index (χ4n) is 2.27. The molecule has 1 saturated carbocycles. The van der Waals surface area contributed by atoms with Crippen LogP contribution in [0, 0.1) is 5.41 Å². The Balaban J connectivity index is 2.67. The smallest absolute Gasteiger partial charge is 0.306 e. The molecule has 1 fully saturated rings. The van der Waals surface area contributed by atoms with Crippen LogP contribution in [0.5, 0.6) is 0 Å². The number of sulfone groups is 1. The van der Waals surface area contributed by atoms with Gasteiger partial charge in [0.05, 0.1) is 24.5 Å². The van der Waals surface area contributed by atoms with Crippen molar-refractivity contribution in [2.24, 2.45) is 5.41 Å². The largest absolute Gasteiger partial charge is 0.469 e. The number of carbonyl (C=O) groups is 1. The zero-order chi connectivity index (χ0) is 13.1. The van der Waals surface area contributed by atoms with Crippen molar-refractivity contribution in [3.8, 4) is 0 Å². The first-order chi connectivity index (χ1) is 7.89. The van der Waals surface area contributed by atoms with Crippen LogP contribution in [0.2, 0.25) is 0 Å². The van der Waals surface area contributed by atoms with Gasteiger partial charge in [-0.1, -0.05) is 13.8 Å². The third kappa shape index (κ3) is 3.69. The van der Waals surface area contributed by atoms with Gasteiger partial charge in [-0.2, -0.15) is 0 Å². The van der Waals surface area contributed by atoms with Gasteiger partial charge in [-0.3, -0.25) is 4.79 Å². The van der Waals surface area contributed by atoms with Crippen LogP contribution in [0.25, 0.3) is 0 Å². The van der Waals surface area contributed by atoms with Crippen molar-refractivity contribution >= 4 is 15.8 Å². The minimum absolute atomic E-state index is 0.140. The maximum atomic E-state index is 12.2. The van der Waals surface area contributed by atoms with Gasteiger partial charge in [0.1, 0.15) is 0 Å². The normalized spacial score (nSPS) is 18.1. The lowest BCUT2D eigenvalue weighted by molar-refractivity contribution is -0.141. The predicted octanol–water partition coefficient (Wildman–Crippen LogP) is 1.93. The number of rotatable bonds is 7. The first-order valence-corrected chi connectivity index (χ1v) is 7.89. The van der Waals surface area contributed by atoms with Gasteiger partial charge in [0.2, 0.25) is 0 Å². The molecule has 0 aromatic heterocycles. The molecule has 17 heavy (non-hydrogen) atoms. The van der Waals surface area contributed by atoms with E-state index in [1.165, 1.54) is 7.11 Å². The van der Waals surface area contributed by atoms with E-state index in [0.717, 1.165) is 12.8 Å². The lowest BCUT2D eigenvalue weighted by atomic mass is 10.1. The average molecular weight is 262 g/mol. The van der Waals surface area contributed by atoms with Crippen LogP contribution in [0.3, 0.4) is 0 Å². The Morgan fingerprint density at radius 3 is 2.18 bits per heavy atom. The van der Waals surface area contributed by atoms with Crippen LogP contribution in [0.15, 0.2) is 0 Å². The molecular formula is C12H22O4S. The Kier molecular flexibility index (Phi) is 4.58. The van der Waals surface area contributed by atoms with Crippen LogP contribution in [-0.2, 0) is 19.4 Å². The lowest BCUT2D eigenvalue weighted by Gasteiger charge is -2.19. The molecule has 0 spiro atoms. The predicted molar refractivity (Wildman–Crippen MR) is 66.5 cm³/mol. The maximum Gasteiger partial charge on any atom is 0.306 e. The molecule has 0 aromatic carbocycles. The standard InChI is InChI=1S/C12H22O4S/c1-4-10(5-2)17(14,15)9-12(6-7-12)8-11(13)16-3/h10H,4-9H2,1-3H3. The number of esters is 1. The van der Waals surface area contributed by atoms with Gasteiger partial charge in [-0.15, -0.1) is 0 Å². The van der Waals surface area contributed by atoms with Gasteiger partial charge in [0, 0.05) is 0 Å². The highest BCUT2D eigenvalue weighted by atomic mass is 32.2. The summed E-state index contributed by atoms with van der Waals surface area (Å²) in [7, 11) is -1.74. The molecule has 0 amide bonds. The topological polar surface area (TPSA) is 60.4 Å². The van der Waals surface area contributed by atoms with Crippen molar-refractivity contribution in [1.82, 2.24) is 0 Å². The highest BCUT2D eigenvalue weighted by Crippen LogP contribution is 2.50.